The van der Waals surface area contributed by atoms with Crippen molar-refractivity contribution in [3.8, 4) is 0 Å². The number of carbonyl (C=O) groups is 1. The third-order valence-corrected chi connectivity index (χ3v) is 4.03. The van der Waals surface area contributed by atoms with Gasteiger partial charge in [-0.1, -0.05) is 36.4 Å². The fourth-order valence-corrected chi connectivity index (χ4v) is 2.70. The van der Waals surface area contributed by atoms with Crippen LogP contribution in [0.25, 0.3) is 0 Å². The van der Waals surface area contributed by atoms with Gasteiger partial charge in [0.1, 0.15) is 12.3 Å². The molecule has 1 aromatic carbocycles. The number of fused-ring (bicyclic) bond motifs is 1. The number of pyridine rings is 1. The topological polar surface area (TPSA) is 60.5 Å². The molecule has 1 amide bonds. The van der Waals surface area contributed by atoms with Crippen molar-refractivity contribution >= 4 is 6.09 Å². The minimum atomic E-state index is -4.54. The van der Waals surface area contributed by atoms with Gasteiger partial charge in [0.2, 0.25) is 0 Å². The molecule has 1 aliphatic heterocycles. The van der Waals surface area contributed by atoms with Crippen molar-refractivity contribution in [2.75, 3.05) is 6.61 Å². The van der Waals surface area contributed by atoms with E-state index < -0.39 is 30.1 Å². The van der Waals surface area contributed by atoms with Crippen LogP contribution in [-0.2, 0) is 22.3 Å². The maximum Gasteiger partial charge on any atom is 0.433 e. The van der Waals surface area contributed by atoms with E-state index in [1.807, 2.05) is 30.3 Å². The Balaban J connectivity index is 1.70. The van der Waals surface area contributed by atoms with Gasteiger partial charge in [0.05, 0.1) is 24.4 Å². The normalized spacial score (nSPS) is 19.5. The van der Waals surface area contributed by atoms with Crippen LogP contribution in [0.4, 0.5) is 18.0 Å². The van der Waals surface area contributed by atoms with Gasteiger partial charge < -0.3 is 14.8 Å². The summed E-state index contributed by atoms with van der Waals surface area (Å²) in [5, 5.41) is 2.62. The summed E-state index contributed by atoms with van der Waals surface area (Å²) in [6, 6.07) is 10.7. The van der Waals surface area contributed by atoms with Gasteiger partial charge in [-0.15, -0.1) is 0 Å². The Hall–Kier alpha value is -2.61. The first kappa shape index (κ1) is 18.2. The van der Waals surface area contributed by atoms with Crippen molar-refractivity contribution in [1.29, 1.82) is 0 Å². The summed E-state index contributed by atoms with van der Waals surface area (Å²) < 4.78 is 49.2. The number of alkyl carbamates (subject to hydrolysis) is 1. The number of halogens is 3. The van der Waals surface area contributed by atoms with Crippen LogP contribution in [-0.4, -0.2) is 17.7 Å². The van der Waals surface area contributed by atoms with Crippen LogP contribution in [0.1, 0.15) is 41.6 Å². The maximum atomic E-state index is 12.9. The van der Waals surface area contributed by atoms with Crippen molar-refractivity contribution in [2.24, 2.45) is 0 Å². The molecule has 0 unspecified atom stereocenters. The zero-order valence-electron chi connectivity index (χ0n) is 13.9. The predicted octanol–water partition coefficient (Wildman–Crippen LogP) is 4.16. The zero-order valence-corrected chi connectivity index (χ0v) is 13.9. The number of rotatable bonds is 3. The lowest BCUT2D eigenvalue weighted by atomic mass is 9.99. The third kappa shape index (κ3) is 4.13. The van der Waals surface area contributed by atoms with Crippen LogP contribution < -0.4 is 5.32 Å². The van der Waals surface area contributed by atoms with Crippen molar-refractivity contribution in [2.45, 2.75) is 31.9 Å². The first-order valence-electron chi connectivity index (χ1n) is 8.01. The Morgan fingerprint density at radius 3 is 2.69 bits per heavy atom. The summed E-state index contributed by atoms with van der Waals surface area (Å²) in [4.78, 5) is 15.7. The van der Waals surface area contributed by atoms with E-state index in [1.165, 1.54) is 6.07 Å². The van der Waals surface area contributed by atoms with Crippen LogP contribution in [0.5, 0.6) is 0 Å². The van der Waals surface area contributed by atoms with Crippen LogP contribution in [0.15, 0.2) is 42.5 Å². The van der Waals surface area contributed by atoms with Gasteiger partial charge in [0.25, 0.3) is 0 Å². The quantitative estimate of drug-likeness (QED) is 0.886. The molecule has 1 aliphatic rings. The van der Waals surface area contributed by atoms with Gasteiger partial charge >= 0.3 is 12.3 Å². The molecule has 5 nitrogen and oxygen atoms in total. The van der Waals surface area contributed by atoms with Gasteiger partial charge in [-0.2, -0.15) is 13.2 Å². The second kappa shape index (κ2) is 7.33. The molecule has 0 bridgehead atoms. The highest BCUT2D eigenvalue weighted by atomic mass is 19.4. The van der Waals surface area contributed by atoms with E-state index in [1.54, 1.807) is 6.92 Å². The van der Waals surface area contributed by atoms with Crippen molar-refractivity contribution in [3.05, 3.63) is 65.0 Å². The lowest BCUT2D eigenvalue weighted by molar-refractivity contribution is -0.141. The summed E-state index contributed by atoms with van der Waals surface area (Å²) >= 11 is 0. The van der Waals surface area contributed by atoms with Gasteiger partial charge in [-0.05, 0) is 18.6 Å². The van der Waals surface area contributed by atoms with E-state index in [2.05, 4.69) is 10.3 Å². The Kier molecular flexibility index (Phi) is 5.13. The minimum absolute atomic E-state index is 0.0920. The minimum Gasteiger partial charge on any atom is -0.445 e. The van der Waals surface area contributed by atoms with E-state index in [9.17, 15) is 18.0 Å². The first-order valence-corrected chi connectivity index (χ1v) is 8.01. The molecule has 1 aromatic heterocycles. The number of carbonyl (C=O) groups excluding carboxylic acids is 1. The lowest BCUT2D eigenvalue weighted by Crippen LogP contribution is -2.36. The van der Waals surface area contributed by atoms with E-state index in [0.29, 0.717) is 5.56 Å². The van der Waals surface area contributed by atoms with Crippen LogP contribution in [0, 0.1) is 0 Å². The number of alkyl halides is 3. The second-order valence-corrected chi connectivity index (χ2v) is 5.90. The molecule has 0 saturated heterocycles. The molecule has 2 atom stereocenters. The molecule has 0 aliphatic carbocycles. The fourth-order valence-electron chi connectivity index (χ4n) is 2.70. The monoisotopic (exact) mass is 366 g/mol. The number of ether oxygens (including phenoxy) is 2. The van der Waals surface area contributed by atoms with Crippen LogP contribution in [0.3, 0.4) is 0 Å². The molecular formula is C18H17F3N2O3. The maximum absolute atomic E-state index is 12.9. The van der Waals surface area contributed by atoms with Crippen molar-refractivity contribution in [3.63, 3.8) is 0 Å². The van der Waals surface area contributed by atoms with Crippen LogP contribution >= 0.6 is 0 Å². The number of hydrogen-bond donors (Lipinski definition) is 1. The molecule has 2 aromatic rings. The van der Waals surface area contributed by atoms with E-state index in [4.69, 9.17) is 9.47 Å². The average molecular weight is 366 g/mol. The van der Waals surface area contributed by atoms with Gasteiger partial charge in [0.15, 0.2) is 0 Å². The highest BCUT2D eigenvalue weighted by Gasteiger charge is 2.36. The molecular weight excluding hydrogens is 349 g/mol. The SMILES string of the molecule is C[C@@H]1OC[C@@H](NC(=O)OCc2ccccc2)c2ccc(C(F)(F)F)nc21. The Bertz CT molecular complexity index is 781. The van der Waals surface area contributed by atoms with E-state index in [-0.39, 0.29) is 18.9 Å². The summed E-state index contributed by atoms with van der Waals surface area (Å²) in [6.45, 7) is 1.84. The molecule has 2 heterocycles. The van der Waals surface area contributed by atoms with Crippen molar-refractivity contribution < 1.29 is 27.4 Å². The van der Waals surface area contributed by atoms with Gasteiger partial charge in [0, 0.05) is 5.56 Å². The Labute approximate surface area is 148 Å². The number of nitrogens with zero attached hydrogens (tertiary/aromatic N) is 1. The highest BCUT2D eigenvalue weighted by molar-refractivity contribution is 5.68. The highest BCUT2D eigenvalue weighted by Crippen LogP contribution is 2.35. The number of aromatic nitrogens is 1. The smallest absolute Gasteiger partial charge is 0.433 e. The molecule has 8 heteroatoms. The molecule has 0 saturated carbocycles. The Morgan fingerprint density at radius 1 is 1.27 bits per heavy atom. The number of benzene rings is 1. The standard InChI is InChI=1S/C18H17F3N2O3/c1-11-16-13(7-8-15(23-16)18(19,20)21)14(10-25-11)22-17(24)26-9-12-5-3-2-4-6-12/h2-8,11,14H,9-10H2,1H3,(H,22,24)/t11-,14+/m0/s1. The average Bonchev–Trinajstić information content (AvgIpc) is 2.62. The molecule has 0 spiro atoms. The Morgan fingerprint density at radius 2 is 2.00 bits per heavy atom. The number of amides is 1. The summed E-state index contributed by atoms with van der Waals surface area (Å²) in [5.74, 6) is 0. The summed E-state index contributed by atoms with van der Waals surface area (Å²) in [7, 11) is 0. The molecule has 0 radical (unpaired) electrons. The summed E-state index contributed by atoms with van der Waals surface area (Å²) in [6.07, 6.45) is -5.81. The predicted molar refractivity (Wildman–Crippen MR) is 86.1 cm³/mol. The van der Waals surface area contributed by atoms with Gasteiger partial charge in [-0.25, -0.2) is 9.78 Å². The van der Waals surface area contributed by atoms with Crippen molar-refractivity contribution in [1.82, 2.24) is 10.3 Å². The number of hydrogen-bond acceptors (Lipinski definition) is 4. The molecule has 1 N–H and O–H groups in total. The molecule has 3 rings (SSSR count). The summed E-state index contributed by atoms with van der Waals surface area (Å²) in [5.41, 5.74) is 0.500. The molecule has 138 valence electrons. The lowest BCUT2D eigenvalue weighted by Gasteiger charge is -2.30. The van der Waals surface area contributed by atoms with Gasteiger partial charge in [-0.3, -0.25) is 0 Å². The van der Waals surface area contributed by atoms with Crippen LogP contribution in [0.2, 0.25) is 0 Å². The molecule has 26 heavy (non-hydrogen) atoms. The van der Waals surface area contributed by atoms with E-state index in [0.717, 1.165) is 11.6 Å². The first-order chi connectivity index (χ1) is 12.3. The van der Waals surface area contributed by atoms with E-state index >= 15 is 0 Å². The second-order valence-electron chi connectivity index (χ2n) is 5.90. The molecule has 0 fully saturated rings. The largest absolute Gasteiger partial charge is 0.445 e. The fraction of sp³-hybridized carbons (Fsp3) is 0.333. The third-order valence-electron chi connectivity index (χ3n) is 4.03. The number of nitrogens with one attached hydrogen (secondary N) is 1. The zero-order chi connectivity index (χ0) is 18.7.